The summed E-state index contributed by atoms with van der Waals surface area (Å²) in [6.07, 6.45) is 0.594. The van der Waals surface area contributed by atoms with Gasteiger partial charge in [0.25, 0.3) is 0 Å². The first kappa shape index (κ1) is 15.2. The molecule has 0 aromatic heterocycles. The number of halogens is 1. The Morgan fingerprint density at radius 2 is 1.74 bits per heavy atom. The second-order valence-corrected chi connectivity index (χ2v) is 4.75. The number of hydrogen-bond acceptors (Lipinski definition) is 3. The number of carbonyl (C=O) groups excluding carboxylic acids is 3. The molecular weight excluding hydrogens is 314 g/mol. The van der Waals surface area contributed by atoms with Crippen molar-refractivity contribution in [1.29, 1.82) is 0 Å². The average Bonchev–Trinajstić information content (AvgIpc) is 2.34. The smallest absolute Gasteiger partial charge is 0.249 e. The Bertz CT molecular complexity index is 491. The van der Waals surface area contributed by atoms with Crippen LogP contribution in [0, 0.1) is 0 Å². The van der Waals surface area contributed by atoms with E-state index in [9.17, 15) is 14.4 Å². The molecule has 0 saturated carbocycles. The Morgan fingerprint density at radius 3 is 2.26 bits per heavy atom. The molecule has 1 rings (SSSR count). The summed E-state index contributed by atoms with van der Waals surface area (Å²) in [6.45, 7) is 0. The molecule has 0 unspecified atom stereocenters. The Labute approximate surface area is 118 Å². The lowest BCUT2D eigenvalue weighted by molar-refractivity contribution is -0.133. The van der Waals surface area contributed by atoms with Crippen molar-refractivity contribution >= 4 is 33.7 Å². The van der Waals surface area contributed by atoms with Gasteiger partial charge in [0, 0.05) is 10.9 Å². The fourth-order valence-corrected chi connectivity index (χ4v) is 1.95. The fraction of sp³-hybridized carbons (Fsp3) is 0.250. The van der Waals surface area contributed by atoms with Crippen LogP contribution in [-0.2, 0) is 20.8 Å². The van der Waals surface area contributed by atoms with Crippen molar-refractivity contribution in [2.24, 2.45) is 11.5 Å². The molecule has 0 spiro atoms. The molecule has 102 valence electrons. The van der Waals surface area contributed by atoms with Gasteiger partial charge in [0.1, 0.15) is 0 Å². The average molecular weight is 328 g/mol. The van der Waals surface area contributed by atoms with Crippen LogP contribution in [-0.4, -0.2) is 23.8 Å². The van der Waals surface area contributed by atoms with Crippen molar-refractivity contribution in [1.82, 2.24) is 5.32 Å². The highest BCUT2D eigenvalue weighted by atomic mass is 79.9. The molecule has 0 radical (unpaired) electrons. The molecule has 0 bridgehead atoms. The summed E-state index contributed by atoms with van der Waals surface area (Å²) in [7, 11) is 0. The van der Waals surface area contributed by atoms with Gasteiger partial charge in [-0.1, -0.05) is 34.1 Å². The third-order valence-electron chi connectivity index (χ3n) is 2.45. The minimum atomic E-state index is -1.47. The van der Waals surface area contributed by atoms with Crippen LogP contribution in [0.2, 0.25) is 0 Å². The number of benzene rings is 1. The molecule has 1 aromatic rings. The Kier molecular flexibility index (Phi) is 5.50. The first-order valence-corrected chi connectivity index (χ1v) is 6.32. The number of hydrogen-bond donors (Lipinski definition) is 3. The highest BCUT2D eigenvalue weighted by Gasteiger charge is 2.23. The molecule has 0 aliphatic heterocycles. The van der Waals surface area contributed by atoms with E-state index in [4.69, 9.17) is 11.5 Å². The van der Waals surface area contributed by atoms with E-state index < -0.39 is 23.8 Å². The number of primary amides is 2. The van der Waals surface area contributed by atoms with E-state index in [1.165, 1.54) is 0 Å². The first-order chi connectivity index (χ1) is 8.91. The summed E-state index contributed by atoms with van der Waals surface area (Å²) in [6, 6.07) is 5.99. The second-order valence-electron chi connectivity index (χ2n) is 3.90. The van der Waals surface area contributed by atoms with Crippen molar-refractivity contribution in [2.75, 3.05) is 0 Å². The molecule has 3 amide bonds. The molecule has 1 aromatic carbocycles. The van der Waals surface area contributed by atoms with Crippen molar-refractivity contribution in [2.45, 2.75) is 18.9 Å². The van der Waals surface area contributed by atoms with E-state index in [1.807, 2.05) is 24.3 Å². The lowest BCUT2D eigenvalue weighted by Crippen LogP contribution is -2.52. The topological polar surface area (TPSA) is 115 Å². The lowest BCUT2D eigenvalue weighted by Gasteiger charge is -2.12. The Balaban J connectivity index is 2.54. The molecule has 19 heavy (non-hydrogen) atoms. The Morgan fingerprint density at radius 1 is 1.16 bits per heavy atom. The maximum absolute atomic E-state index is 11.6. The molecular formula is C12H14BrN3O3. The molecule has 0 aliphatic carbocycles. The molecule has 0 aliphatic rings. The third-order valence-corrected chi connectivity index (χ3v) is 3.23. The molecule has 5 N–H and O–H groups in total. The zero-order valence-corrected chi connectivity index (χ0v) is 11.6. The van der Waals surface area contributed by atoms with Crippen LogP contribution in [0.1, 0.15) is 12.0 Å². The van der Waals surface area contributed by atoms with Crippen molar-refractivity contribution in [3.05, 3.63) is 34.3 Å². The molecule has 0 atom stereocenters. The van der Waals surface area contributed by atoms with Gasteiger partial charge in [0.05, 0.1) is 0 Å². The minimum Gasteiger partial charge on any atom is -0.367 e. The summed E-state index contributed by atoms with van der Waals surface area (Å²) >= 11 is 3.36. The lowest BCUT2D eigenvalue weighted by atomic mass is 10.1. The van der Waals surface area contributed by atoms with Crippen LogP contribution < -0.4 is 16.8 Å². The third kappa shape index (κ3) is 4.70. The van der Waals surface area contributed by atoms with Crippen LogP contribution >= 0.6 is 15.9 Å². The molecule has 0 heterocycles. The predicted molar refractivity (Wildman–Crippen MR) is 72.8 cm³/mol. The van der Waals surface area contributed by atoms with Crippen LogP contribution in [0.5, 0.6) is 0 Å². The van der Waals surface area contributed by atoms with Gasteiger partial charge < -0.3 is 16.8 Å². The number of nitrogens with one attached hydrogen (secondary N) is 1. The zero-order valence-electron chi connectivity index (χ0n) is 10.1. The van der Waals surface area contributed by atoms with E-state index in [2.05, 4.69) is 21.2 Å². The van der Waals surface area contributed by atoms with Gasteiger partial charge in [-0.25, -0.2) is 0 Å². The normalized spacial score (nSPS) is 10.2. The van der Waals surface area contributed by atoms with Crippen LogP contribution in [0.4, 0.5) is 0 Å². The predicted octanol–water partition coefficient (Wildman–Crippen LogP) is -0.163. The summed E-state index contributed by atoms with van der Waals surface area (Å²) in [5.41, 5.74) is 10.9. The fourth-order valence-electron chi connectivity index (χ4n) is 1.46. The molecule has 0 saturated heterocycles. The second kappa shape index (κ2) is 6.89. The van der Waals surface area contributed by atoms with Crippen molar-refractivity contribution in [3.8, 4) is 0 Å². The van der Waals surface area contributed by atoms with Gasteiger partial charge in [-0.05, 0) is 18.1 Å². The molecule has 6 nitrogen and oxygen atoms in total. The summed E-state index contributed by atoms with van der Waals surface area (Å²) in [5, 5.41) is 2.20. The highest BCUT2D eigenvalue weighted by molar-refractivity contribution is 9.10. The van der Waals surface area contributed by atoms with E-state index >= 15 is 0 Å². The van der Waals surface area contributed by atoms with Gasteiger partial charge in [0.2, 0.25) is 17.7 Å². The van der Waals surface area contributed by atoms with Crippen molar-refractivity contribution < 1.29 is 14.4 Å². The number of rotatable bonds is 6. The maximum atomic E-state index is 11.6. The van der Waals surface area contributed by atoms with Crippen LogP contribution in [0.15, 0.2) is 28.7 Å². The maximum Gasteiger partial charge on any atom is 0.249 e. The van der Waals surface area contributed by atoms with Gasteiger partial charge in [-0.15, -0.1) is 0 Å². The molecule has 7 heteroatoms. The summed E-state index contributed by atoms with van der Waals surface area (Å²) in [4.78, 5) is 33.4. The first-order valence-electron chi connectivity index (χ1n) is 5.53. The van der Waals surface area contributed by atoms with E-state index in [-0.39, 0.29) is 6.42 Å². The number of aryl methyl sites for hydroxylation is 1. The number of carbonyl (C=O) groups is 3. The standard InChI is InChI=1S/C12H14BrN3O3/c13-8-4-2-1-3-7(8)5-6-9(17)16-10(11(14)18)12(15)19/h1-4,10H,5-6H2,(H2,14,18)(H2,15,19)(H,16,17). The van der Waals surface area contributed by atoms with Crippen molar-refractivity contribution in [3.63, 3.8) is 0 Å². The minimum absolute atomic E-state index is 0.125. The monoisotopic (exact) mass is 327 g/mol. The SMILES string of the molecule is NC(=O)C(NC(=O)CCc1ccccc1Br)C(N)=O. The van der Waals surface area contributed by atoms with Crippen LogP contribution in [0.25, 0.3) is 0 Å². The van der Waals surface area contributed by atoms with E-state index in [0.29, 0.717) is 6.42 Å². The van der Waals surface area contributed by atoms with Gasteiger partial charge in [-0.2, -0.15) is 0 Å². The Hall–Kier alpha value is -1.89. The summed E-state index contributed by atoms with van der Waals surface area (Å²) in [5.74, 6) is -2.40. The van der Waals surface area contributed by atoms with E-state index in [1.54, 1.807) is 0 Å². The molecule has 0 fully saturated rings. The van der Waals surface area contributed by atoms with Gasteiger partial charge in [-0.3, -0.25) is 14.4 Å². The highest BCUT2D eigenvalue weighted by Crippen LogP contribution is 2.17. The van der Waals surface area contributed by atoms with Crippen LogP contribution in [0.3, 0.4) is 0 Å². The number of amides is 3. The van der Waals surface area contributed by atoms with Gasteiger partial charge in [0.15, 0.2) is 6.04 Å². The number of nitrogens with two attached hydrogens (primary N) is 2. The quantitative estimate of drug-likeness (QED) is 0.630. The summed E-state index contributed by atoms with van der Waals surface area (Å²) < 4.78 is 0.893. The van der Waals surface area contributed by atoms with Gasteiger partial charge >= 0.3 is 0 Å². The largest absolute Gasteiger partial charge is 0.367 e. The van der Waals surface area contributed by atoms with E-state index in [0.717, 1.165) is 10.0 Å². The zero-order chi connectivity index (χ0) is 14.4.